The van der Waals surface area contributed by atoms with E-state index in [-0.39, 0.29) is 29.3 Å². The van der Waals surface area contributed by atoms with Crippen LogP contribution < -0.4 is 4.90 Å². The largest absolute Gasteiger partial charge is 0.347 e. The Morgan fingerprint density at radius 3 is 2.69 bits per heavy atom. The Kier molecular flexibility index (Phi) is 6.26. The molecule has 2 amide bonds. The van der Waals surface area contributed by atoms with Crippen molar-refractivity contribution in [3.63, 3.8) is 0 Å². The topological polar surface area (TPSA) is 56.2 Å². The van der Waals surface area contributed by atoms with Crippen molar-refractivity contribution < 1.29 is 14.0 Å². The van der Waals surface area contributed by atoms with Gasteiger partial charge in [0.1, 0.15) is 12.5 Å². The second-order valence-electron chi connectivity index (χ2n) is 8.81. The standard InChI is InChI=1S/C25H29FN4O2/c1-17(2)24(31)30-11-10-28(14-18(30)3)25(32)21-12-19(8-9-22(21)26)15-29-16-27-13-20-6-4-5-7-23(20)29/h4-9,12-13,17-18H,10-11,14-16H2,1-3H3/t18-/m0/s1. The molecule has 0 aliphatic carbocycles. The smallest absolute Gasteiger partial charge is 0.256 e. The summed E-state index contributed by atoms with van der Waals surface area (Å²) in [4.78, 5) is 35.5. The molecule has 0 saturated carbocycles. The Labute approximate surface area is 188 Å². The number of amides is 2. The molecular formula is C25H29FN4O2. The van der Waals surface area contributed by atoms with Gasteiger partial charge in [-0.15, -0.1) is 0 Å². The summed E-state index contributed by atoms with van der Waals surface area (Å²) in [5.41, 5.74) is 3.04. The molecule has 32 heavy (non-hydrogen) atoms. The quantitative estimate of drug-likeness (QED) is 0.737. The zero-order valence-corrected chi connectivity index (χ0v) is 18.8. The van der Waals surface area contributed by atoms with E-state index in [2.05, 4.69) is 9.89 Å². The van der Waals surface area contributed by atoms with E-state index in [0.717, 1.165) is 16.8 Å². The first-order valence-electron chi connectivity index (χ1n) is 11.1. The molecule has 2 aromatic carbocycles. The van der Waals surface area contributed by atoms with E-state index in [1.165, 1.54) is 6.07 Å². The highest BCUT2D eigenvalue weighted by Crippen LogP contribution is 2.25. The Hall–Kier alpha value is -3.22. The second kappa shape index (κ2) is 9.10. The Morgan fingerprint density at radius 2 is 1.94 bits per heavy atom. The zero-order chi connectivity index (χ0) is 22.8. The normalized spacial score (nSPS) is 18.2. The summed E-state index contributed by atoms with van der Waals surface area (Å²) in [6.45, 7) is 7.99. The number of rotatable bonds is 4. The van der Waals surface area contributed by atoms with Crippen molar-refractivity contribution in [1.29, 1.82) is 0 Å². The van der Waals surface area contributed by atoms with Gasteiger partial charge in [-0.05, 0) is 30.7 Å². The number of aliphatic imine (C=N–C) groups is 1. The van der Waals surface area contributed by atoms with Gasteiger partial charge in [-0.3, -0.25) is 14.6 Å². The third-order valence-corrected chi connectivity index (χ3v) is 6.09. The molecule has 4 rings (SSSR count). The summed E-state index contributed by atoms with van der Waals surface area (Å²) in [5, 5.41) is 0. The predicted molar refractivity (Wildman–Crippen MR) is 123 cm³/mol. The van der Waals surface area contributed by atoms with E-state index < -0.39 is 5.82 Å². The molecule has 1 saturated heterocycles. The highest BCUT2D eigenvalue weighted by Gasteiger charge is 2.32. The van der Waals surface area contributed by atoms with E-state index in [9.17, 15) is 14.0 Å². The summed E-state index contributed by atoms with van der Waals surface area (Å²) in [6.07, 6.45) is 1.86. The molecule has 0 radical (unpaired) electrons. The van der Waals surface area contributed by atoms with Crippen LogP contribution in [0.3, 0.4) is 0 Å². The lowest BCUT2D eigenvalue weighted by molar-refractivity contribution is -0.138. The first-order valence-corrected chi connectivity index (χ1v) is 11.1. The van der Waals surface area contributed by atoms with Crippen molar-refractivity contribution in [2.45, 2.75) is 33.4 Å². The highest BCUT2D eigenvalue weighted by atomic mass is 19.1. The first-order chi connectivity index (χ1) is 15.3. The van der Waals surface area contributed by atoms with E-state index in [4.69, 9.17) is 0 Å². The van der Waals surface area contributed by atoms with Crippen LogP contribution in [0.2, 0.25) is 0 Å². The molecular weight excluding hydrogens is 407 g/mol. The van der Waals surface area contributed by atoms with Crippen LogP contribution in [0.15, 0.2) is 47.5 Å². The molecule has 0 aromatic heterocycles. The van der Waals surface area contributed by atoms with Crippen LogP contribution in [0.1, 0.15) is 42.3 Å². The van der Waals surface area contributed by atoms with Crippen LogP contribution in [-0.2, 0) is 11.3 Å². The van der Waals surface area contributed by atoms with Crippen molar-refractivity contribution in [2.75, 3.05) is 31.2 Å². The summed E-state index contributed by atoms with van der Waals surface area (Å²) in [6, 6.07) is 12.6. The summed E-state index contributed by atoms with van der Waals surface area (Å²) in [7, 11) is 0. The Morgan fingerprint density at radius 1 is 1.16 bits per heavy atom. The Bertz CT molecular complexity index is 1050. The van der Waals surface area contributed by atoms with Crippen LogP contribution in [0, 0.1) is 11.7 Å². The van der Waals surface area contributed by atoms with Crippen molar-refractivity contribution in [3.8, 4) is 0 Å². The van der Waals surface area contributed by atoms with E-state index in [0.29, 0.717) is 32.8 Å². The number of benzene rings is 2. The minimum Gasteiger partial charge on any atom is -0.347 e. The van der Waals surface area contributed by atoms with E-state index >= 15 is 0 Å². The van der Waals surface area contributed by atoms with E-state index in [1.54, 1.807) is 17.0 Å². The summed E-state index contributed by atoms with van der Waals surface area (Å²) < 4.78 is 14.7. The maximum Gasteiger partial charge on any atom is 0.256 e. The molecule has 2 aliphatic rings. The van der Waals surface area contributed by atoms with Gasteiger partial charge in [0.15, 0.2) is 0 Å². The first kappa shape index (κ1) is 22.0. The average Bonchev–Trinajstić information content (AvgIpc) is 2.79. The Balaban J connectivity index is 1.49. The minimum atomic E-state index is -0.524. The second-order valence-corrected chi connectivity index (χ2v) is 8.81. The van der Waals surface area contributed by atoms with Crippen LogP contribution in [0.5, 0.6) is 0 Å². The number of hydrogen-bond acceptors (Lipinski definition) is 4. The van der Waals surface area contributed by atoms with Gasteiger partial charge in [-0.2, -0.15) is 0 Å². The van der Waals surface area contributed by atoms with Gasteiger partial charge in [0, 0.05) is 55.6 Å². The molecule has 0 N–H and O–H groups in total. The van der Waals surface area contributed by atoms with Gasteiger partial charge < -0.3 is 14.7 Å². The number of piperazine rings is 1. The van der Waals surface area contributed by atoms with Crippen LogP contribution in [0.4, 0.5) is 10.1 Å². The van der Waals surface area contributed by atoms with Gasteiger partial charge >= 0.3 is 0 Å². The number of carbonyl (C=O) groups is 2. The number of anilines is 1. The summed E-state index contributed by atoms with van der Waals surface area (Å²) in [5.74, 6) is -0.852. The SMILES string of the molecule is CC(C)C(=O)N1CCN(C(=O)c2cc(CN3CN=Cc4ccccc43)ccc2F)C[C@@H]1C. The molecule has 0 unspecified atom stereocenters. The third kappa shape index (κ3) is 4.38. The lowest BCUT2D eigenvalue weighted by Crippen LogP contribution is -2.56. The molecule has 7 heteroatoms. The van der Waals surface area contributed by atoms with Crippen LogP contribution in [-0.4, -0.2) is 60.2 Å². The number of nitrogens with zero attached hydrogens (tertiary/aromatic N) is 4. The van der Waals surface area contributed by atoms with Crippen LogP contribution >= 0.6 is 0 Å². The van der Waals surface area contributed by atoms with Gasteiger partial charge in [-0.25, -0.2) is 4.39 Å². The number of carbonyl (C=O) groups excluding carboxylic acids is 2. The molecule has 1 atom stereocenters. The third-order valence-electron chi connectivity index (χ3n) is 6.09. The van der Waals surface area contributed by atoms with Gasteiger partial charge in [0.25, 0.3) is 5.91 Å². The number of halogens is 1. The fourth-order valence-corrected chi connectivity index (χ4v) is 4.36. The maximum atomic E-state index is 14.7. The fraction of sp³-hybridized carbons (Fsp3) is 0.400. The molecule has 168 valence electrons. The average molecular weight is 437 g/mol. The molecule has 6 nitrogen and oxygen atoms in total. The van der Waals surface area contributed by atoms with Gasteiger partial charge in [-0.1, -0.05) is 38.1 Å². The maximum absolute atomic E-state index is 14.7. The van der Waals surface area contributed by atoms with Crippen molar-refractivity contribution in [3.05, 3.63) is 65.0 Å². The number of hydrogen-bond donors (Lipinski definition) is 0. The zero-order valence-electron chi connectivity index (χ0n) is 18.8. The van der Waals surface area contributed by atoms with Gasteiger partial charge in [0.05, 0.1) is 5.56 Å². The van der Waals surface area contributed by atoms with Gasteiger partial charge in [0.2, 0.25) is 5.91 Å². The molecule has 2 aliphatic heterocycles. The van der Waals surface area contributed by atoms with Crippen LogP contribution in [0.25, 0.3) is 0 Å². The van der Waals surface area contributed by atoms with Crippen molar-refractivity contribution in [2.24, 2.45) is 10.9 Å². The van der Waals surface area contributed by atoms with Crippen molar-refractivity contribution >= 4 is 23.7 Å². The fourth-order valence-electron chi connectivity index (χ4n) is 4.36. The number of para-hydroxylation sites is 1. The molecule has 0 spiro atoms. The lowest BCUT2D eigenvalue weighted by Gasteiger charge is -2.40. The molecule has 2 aromatic rings. The molecule has 0 bridgehead atoms. The summed E-state index contributed by atoms with van der Waals surface area (Å²) >= 11 is 0. The van der Waals surface area contributed by atoms with E-state index in [1.807, 2.05) is 56.2 Å². The van der Waals surface area contributed by atoms with Crippen molar-refractivity contribution in [1.82, 2.24) is 9.80 Å². The highest BCUT2D eigenvalue weighted by molar-refractivity contribution is 5.95. The molecule has 1 fully saturated rings. The minimum absolute atomic E-state index is 0.0760. The molecule has 2 heterocycles. The number of fused-ring (bicyclic) bond motifs is 1. The predicted octanol–water partition coefficient (Wildman–Crippen LogP) is 3.55. The monoisotopic (exact) mass is 436 g/mol. The lowest BCUT2D eigenvalue weighted by atomic mass is 10.0.